The van der Waals surface area contributed by atoms with Gasteiger partial charge in [0.1, 0.15) is 17.4 Å². The van der Waals surface area contributed by atoms with Crippen LogP contribution in [0.2, 0.25) is 0 Å². The summed E-state index contributed by atoms with van der Waals surface area (Å²) in [6.07, 6.45) is 3.88. The van der Waals surface area contributed by atoms with Crippen molar-refractivity contribution in [1.82, 2.24) is 0 Å². The van der Waals surface area contributed by atoms with Crippen LogP contribution in [0.1, 0.15) is 36.5 Å². The van der Waals surface area contributed by atoms with Gasteiger partial charge >= 0.3 is 0 Å². The molecule has 2 N–H and O–H groups in total. The molecule has 1 fully saturated rings. The normalized spacial score (nSPS) is 15.9. The SMILES string of the molecule is CN=C(C(C)=CN)c1cc(C)cc(OC2CC2)c1C#N. The van der Waals surface area contributed by atoms with E-state index in [0.717, 1.165) is 35.3 Å². The summed E-state index contributed by atoms with van der Waals surface area (Å²) in [5.74, 6) is 0.649. The van der Waals surface area contributed by atoms with Crippen LogP contribution in [0.4, 0.5) is 0 Å². The largest absolute Gasteiger partial charge is 0.489 e. The third-order valence-corrected chi connectivity index (χ3v) is 3.28. The molecule has 2 rings (SSSR count). The van der Waals surface area contributed by atoms with Crippen molar-refractivity contribution in [3.8, 4) is 11.8 Å². The van der Waals surface area contributed by atoms with E-state index in [1.165, 1.54) is 6.20 Å². The Morgan fingerprint density at radius 1 is 1.50 bits per heavy atom. The molecule has 0 bridgehead atoms. The zero-order valence-electron chi connectivity index (χ0n) is 12.1. The predicted octanol–water partition coefficient (Wildman–Crippen LogP) is 2.69. The summed E-state index contributed by atoms with van der Waals surface area (Å²) >= 11 is 0. The average molecular weight is 269 g/mol. The molecule has 0 radical (unpaired) electrons. The summed E-state index contributed by atoms with van der Waals surface area (Å²) in [5.41, 5.74) is 9.51. The lowest BCUT2D eigenvalue weighted by atomic mass is 9.96. The molecule has 0 saturated heterocycles. The number of hydrogen-bond donors (Lipinski definition) is 1. The van der Waals surface area contributed by atoms with Crippen LogP contribution in [0, 0.1) is 18.3 Å². The number of aliphatic imine (C=N–C) groups is 1. The molecule has 1 aromatic carbocycles. The van der Waals surface area contributed by atoms with E-state index in [1.54, 1.807) is 7.05 Å². The molecule has 0 aromatic heterocycles. The van der Waals surface area contributed by atoms with Crippen molar-refractivity contribution < 1.29 is 4.74 Å². The van der Waals surface area contributed by atoms with E-state index in [4.69, 9.17) is 10.5 Å². The second-order valence-corrected chi connectivity index (χ2v) is 5.04. The van der Waals surface area contributed by atoms with Crippen molar-refractivity contribution in [1.29, 1.82) is 5.26 Å². The van der Waals surface area contributed by atoms with Gasteiger partial charge in [0, 0.05) is 12.6 Å². The van der Waals surface area contributed by atoms with E-state index in [0.29, 0.717) is 11.3 Å². The lowest BCUT2D eigenvalue weighted by Crippen LogP contribution is -2.10. The van der Waals surface area contributed by atoms with Gasteiger partial charge in [0.05, 0.1) is 11.8 Å². The molecular weight excluding hydrogens is 250 g/mol. The Balaban J connectivity index is 2.56. The van der Waals surface area contributed by atoms with E-state index in [2.05, 4.69) is 11.1 Å². The second-order valence-electron chi connectivity index (χ2n) is 5.04. The summed E-state index contributed by atoms with van der Waals surface area (Å²) in [5, 5.41) is 9.49. The van der Waals surface area contributed by atoms with Gasteiger partial charge < -0.3 is 10.5 Å². The Morgan fingerprint density at radius 3 is 2.70 bits per heavy atom. The maximum atomic E-state index is 9.49. The number of allylic oxidation sites excluding steroid dienone is 1. The van der Waals surface area contributed by atoms with Crippen molar-refractivity contribution in [2.45, 2.75) is 32.8 Å². The maximum absolute atomic E-state index is 9.49. The fourth-order valence-corrected chi connectivity index (χ4v) is 2.10. The van der Waals surface area contributed by atoms with E-state index < -0.39 is 0 Å². The molecule has 0 heterocycles. The zero-order valence-corrected chi connectivity index (χ0v) is 12.1. The van der Waals surface area contributed by atoms with Crippen molar-refractivity contribution in [2.75, 3.05) is 7.05 Å². The van der Waals surface area contributed by atoms with E-state index in [-0.39, 0.29) is 6.10 Å². The molecule has 1 aliphatic carbocycles. The molecule has 0 atom stereocenters. The molecule has 104 valence electrons. The van der Waals surface area contributed by atoms with E-state index >= 15 is 0 Å². The first-order chi connectivity index (χ1) is 9.60. The Bertz CT molecular complexity index is 619. The third-order valence-electron chi connectivity index (χ3n) is 3.28. The highest BCUT2D eigenvalue weighted by Gasteiger charge is 2.26. The molecule has 0 spiro atoms. The van der Waals surface area contributed by atoms with E-state index in [9.17, 15) is 5.26 Å². The summed E-state index contributed by atoms with van der Waals surface area (Å²) in [6.45, 7) is 3.87. The van der Waals surface area contributed by atoms with Crippen molar-refractivity contribution in [2.24, 2.45) is 10.7 Å². The highest BCUT2D eigenvalue weighted by Crippen LogP contribution is 2.32. The average Bonchev–Trinajstić information content (AvgIpc) is 3.23. The number of ether oxygens (including phenoxy) is 1. The number of aryl methyl sites for hydroxylation is 1. The fourth-order valence-electron chi connectivity index (χ4n) is 2.10. The Morgan fingerprint density at radius 2 is 2.20 bits per heavy atom. The van der Waals surface area contributed by atoms with Crippen LogP contribution in [0.3, 0.4) is 0 Å². The lowest BCUT2D eigenvalue weighted by molar-refractivity contribution is 0.302. The summed E-state index contributed by atoms with van der Waals surface area (Å²) < 4.78 is 5.85. The molecule has 4 heteroatoms. The van der Waals surface area contributed by atoms with Crippen LogP contribution in [0.15, 0.2) is 28.9 Å². The second kappa shape index (κ2) is 5.79. The fraction of sp³-hybridized carbons (Fsp3) is 0.375. The van der Waals surface area contributed by atoms with Gasteiger partial charge in [-0.1, -0.05) is 0 Å². The first kappa shape index (κ1) is 14.1. The van der Waals surface area contributed by atoms with Crippen LogP contribution >= 0.6 is 0 Å². The zero-order chi connectivity index (χ0) is 14.7. The van der Waals surface area contributed by atoms with Gasteiger partial charge in [-0.15, -0.1) is 0 Å². The number of hydrogen-bond acceptors (Lipinski definition) is 4. The quantitative estimate of drug-likeness (QED) is 0.854. The van der Waals surface area contributed by atoms with Gasteiger partial charge in [-0.25, -0.2) is 0 Å². The van der Waals surface area contributed by atoms with Gasteiger partial charge in [-0.05, 0) is 56.2 Å². The number of nitrogens with zero attached hydrogens (tertiary/aromatic N) is 2. The molecule has 1 aliphatic rings. The van der Waals surface area contributed by atoms with Crippen LogP contribution in [0.5, 0.6) is 5.75 Å². The van der Waals surface area contributed by atoms with Crippen molar-refractivity contribution in [3.63, 3.8) is 0 Å². The number of rotatable bonds is 4. The minimum Gasteiger partial charge on any atom is -0.489 e. The van der Waals surface area contributed by atoms with Crippen molar-refractivity contribution in [3.05, 3.63) is 40.6 Å². The number of nitrogens with two attached hydrogens (primary N) is 1. The monoisotopic (exact) mass is 269 g/mol. The first-order valence-electron chi connectivity index (χ1n) is 6.68. The molecule has 0 aliphatic heterocycles. The molecule has 0 unspecified atom stereocenters. The maximum Gasteiger partial charge on any atom is 0.138 e. The Labute approximate surface area is 119 Å². The molecule has 20 heavy (non-hydrogen) atoms. The summed E-state index contributed by atoms with van der Waals surface area (Å²) in [4.78, 5) is 4.28. The lowest BCUT2D eigenvalue weighted by Gasteiger charge is -2.14. The molecule has 1 aromatic rings. The minimum atomic E-state index is 0.255. The molecule has 0 amide bonds. The van der Waals surface area contributed by atoms with Crippen LogP contribution in [-0.4, -0.2) is 18.9 Å². The van der Waals surface area contributed by atoms with Gasteiger partial charge in [0.2, 0.25) is 0 Å². The highest BCUT2D eigenvalue weighted by atomic mass is 16.5. The van der Waals surface area contributed by atoms with Crippen LogP contribution in [-0.2, 0) is 0 Å². The van der Waals surface area contributed by atoms with Crippen molar-refractivity contribution >= 4 is 5.71 Å². The highest BCUT2D eigenvalue weighted by molar-refractivity contribution is 6.14. The van der Waals surface area contributed by atoms with Crippen LogP contribution in [0.25, 0.3) is 0 Å². The summed E-state index contributed by atoms with van der Waals surface area (Å²) in [7, 11) is 1.70. The Hall–Kier alpha value is -2.28. The molecule has 1 saturated carbocycles. The summed E-state index contributed by atoms with van der Waals surface area (Å²) in [6, 6.07) is 6.11. The predicted molar refractivity (Wildman–Crippen MR) is 79.9 cm³/mol. The standard InChI is InChI=1S/C16H19N3O/c1-10-6-13(16(19-3)11(2)8-17)14(9-18)15(7-10)20-12-4-5-12/h6-8,12H,4-5,17H2,1-3H3. The smallest absolute Gasteiger partial charge is 0.138 e. The van der Waals surface area contributed by atoms with Gasteiger partial charge in [0.25, 0.3) is 0 Å². The van der Waals surface area contributed by atoms with Gasteiger partial charge in [-0.3, -0.25) is 4.99 Å². The number of nitriles is 1. The van der Waals surface area contributed by atoms with Gasteiger partial charge in [0.15, 0.2) is 0 Å². The third kappa shape index (κ3) is 2.83. The number of benzene rings is 1. The van der Waals surface area contributed by atoms with Gasteiger partial charge in [-0.2, -0.15) is 5.26 Å². The van der Waals surface area contributed by atoms with E-state index in [1.807, 2.05) is 26.0 Å². The minimum absolute atomic E-state index is 0.255. The Kier molecular flexibility index (Phi) is 4.09. The topological polar surface area (TPSA) is 71.4 Å². The molecule has 4 nitrogen and oxygen atoms in total. The molecular formula is C16H19N3O. The van der Waals surface area contributed by atoms with Crippen LogP contribution < -0.4 is 10.5 Å². The first-order valence-corrected chi connectivity index (χ1v) is 6.68.